The number of likely N-dealkylation sites (tertiary alicyclic amines) is 1. The van der Waals surface area contributed by atoms with Gasteiger partial charge in [0.2, 0.25) is 0 Å². The fraction of sp³-hybridized carbons (Fsp3) is 0.556. The number of rotatable bonds is 4. The lowest BCUT2D eigenvalue weighted by Crippen LogP contribution is -3.12. The topological polar surface area (TPSA) is 59.6 Å². The number of nitrogens with one attached hydrogen (secondary N) is 3. The molecular formula is C18H28N4O2+2. The number of quaternary nitrogens is 2. The van der Waals surface area contributed by atoms with Gasteiger partial charge in [0.1, 0.15) is 19.6 Å². The van der Waals surface area contributed by atoms with Gasteiger partial charge in [-0.3, -0.25) is 4.79 Å². The molecule has 130 valence electrons. The number of benzene rings is 1. The van der Waals surface area contributed by atoms with Crippen molar-refractivity contribution < 1.29 is 19.3 Å². The Kier molecular flexibility index (Phi) is 5.96. The Bertz CT molecular complexity index is 569. The van der Waals surface area contributed by atoms with Crippen LogP contribution >= 0.6 is 0 Å². The average Bonchev–Trinajstić information content (AvgIpc) is 2.62. The smallest absolute Gasteiger partial charge is 0.271 e. The first-order valence-electron chi connectivity index (χ1n) is 8.88. The van der Waals surface area contributed by atoms with Crippen LogP contribution in [0.4, 0.5) is 0 Å². The molecule has 0 radical (unpaired) electrons. The quantitative estimate of drug-likeness (QED) is 0.588. The van der Waals surface area contributed by atoms with Crippen LogP contribution in [0.3, 0.4) is 0 Å². The summed E-state index contributed by atoms with van der Waals surface area (Å²) in [6.45, 7) is 6.96. The van der Waals surface area contributed by atoms with E-state index >= 15 is 0 Å². The Morgan fingerprint density at radius 3 is 2.46 bits per heavy atom. The summed E-state index contributed by atoms with van der Waals surface area (Å²) >= 11 is 0. The van der Waals surface area contributed by atoms with Crippen LogP contribution < -0.4 is 15.2 Å². The minimum absolute atomic E-state index is 0.126. The van der Waals surface area contributed by atoms with Crippen LogP contribution in [0.15, 0.2) is 29.4 Å². The standard InChI is InChI=1S/C18H26N4O2/c1-21-8-6-17(7-9-21)19-20-18(23)16-4-2-15(3-5-16)14-22-10-12-24-13-11-22/h2-5H,6-14H2,1H3,(H,20,23)/p+2. The Morgan fingerprint density at radius 2 is 1.79 bits per heavy atom. The third-order valence-electron chi connectivity index (χ3n) is 4.87. The van der Waals surface area contributed by atoms with E-state index in [0.29, 0.717) is 5.56 Å². The molecule has 0 aromatic heterocycles. The highest BCUT2D eigenvalue weighted by Gasteiger charge is 2.16. The van der Waals surface area contributed by atoms with Gasteiger partial charge >= 0.3 is 0 Å². The summed E-state index contributed by atoms with van der Waals surface area (Å²) in [7, 11) is 2.19. The maximum Gasteiger partial charge on any atom is 0.271 e. The summed E-state index contributed by atoms with van der Waals surface area (Å²) in [5, 5.41) is 4.30. The molecule has 0 bridgehead atoms. The van der Waals surface area contributed by atoms with Crippen LogP contribution in [0.25, 0.3) is 0 Å². The summed E-state index contributed by atoms with van der Waals surface area (Å²) < 4.78 is 5.38. The number of morpholine rings is 1. The molecule has 3 rings (SSSR count). The number of carbonyl (C=O) groups excluding carboxylic acids is 1. The van der Waals surface area contributed by atoms with Crippen molar-refractivity contribution in [3.63, 3.8) is 0 Å². The molecule has 0 saturated carbocycles. The highest BCUT2D eigenvalue weighted by molar-refractivity contribution is 5.95. The van der Waals surface area contributed by atoms with Crippen molar-refractivity contribution in [2.45, 2.75) is 19.4 Å². The van der Waals surface area contributed by atoms with E-state index in [-0.39, 0.29) is 5.91 Å². The zero-order valence-corrected chi connectivity index (χ0v) is 14.4. The van der Waals surface area contributed by atoms with Gasteiger partial charge in [0, 0.05) is 29.7 Å². The highest BCUT2D eigenvalue weighted by atomic mass is 16.5. The molecule has 1 aromatic carbocycles. The lowest BCUT2D eigenvalue weighted by Gasteiger charge is -2.23. The Balaban J connectivity index is 1.51. The summed E-state index contributed by atoms with van der Waals surface area (Å²) in [5.41, 5.74) is 5.72. The molecule has 6 nitrogen and oxygen atoms in total. The first-order chi connectivity index (χ1) is 11.7. The van der Waals surface area contributed by atoms with E-state index < -0.39 is 0 Å². The van der Waals surface area contributed by atoms with E-state index in [4.69, 9.17) is 4.74 Å². The fourth-order valence-electron chi connectivity index (χ4n) is 3.17. The fourth-order valence-corrected chi connectivity index (χ4v) is 3.17. The zero-order valence-electron chi connectivity index (χ0n) is 14.4. The number of nitrogens with zero attached hydrogens (tertiary/aromatic N) is 1. The van der Waals surface area contributed by atoms with Crippen molar-refractivity contribution in [2.24, 2.45) is 5.10 Å². The number of hydrogen-bond acceptors (Lipinski definition) is 3. The van der Waals surface area contributed by atoms with Crippen molar-refractivity contribution >= 4 is 11.6 Å². The molecule has 2 aliphatic heterocycles. The zero-order chi connectivity index (χ0) is 16.8. The van der Waals surface area contributed by atoms with Crippen molar-refractivity contribution in [3.05, 3.63) is 35.4 Å². The van der Waals surface area contributed by atoms with E-state index in [1.54, 1.807) is 0 Å². The molecular weight excluding hydrogens is 304 g/mol. The monoisotopic (exact) mass is 332 g/mol. The number of hydrazone groups is 1. The maximum atomic E-state index is 12.2. The number of piperidine rings is 1. The predicted octanol–water partition coefficient (Wildman–Crippen LogP) is -1.50. The van der Waals surface area contributed by atoms with Crippen LogP contribution in [0.5, 0.6) is 0 Å². The maximum absolute atomic E-state index is 12.2. The molecule has 1 amide bonds. The molecule has 2 heterocycles. The van der Waals surface area contributed by atoms with Gasteiger partial charge < -0.3 is 14.5 Å². The third-order valence-corrected chi connectivity index (χ3v) is 4.87. The summed E-state index contributed by atoms with van der Waals surface area (Å²) in [6.07, 6.45) is 1.93. The van der Waals surface area contributed by atoms with Crippen LogP contribution in [0.2, 0.25) is 0 Å². The predicted molar refractivity (Wildman–Crippen MR) is 92.4 cm³/mol. The van der Waals surface area contributed by atoms with E-state index in [1.165, 1.54) is 15.4 Å². The molecule has 2 aliphatic rings. The Labute approximate surface area is 143 Å². The second-order valence-electron chi connectivity index (χ2n) is 6.81. The molecule has 0 aliphatic carbocycles. The van der Waals surface area contributed by atoms with E-state index in [2.05, 4.69) is 17.6 Å². The average molecular weight is 332 g/mol. The number of ether oxygens (including phenoxy) is 1. The van der Waals surface area contributed by atoms with Crippen molar-refractivity contribution in [1.29, 1.82) is 0 Å². The van der Waals surface area contributed by atoms with Gasteiger partial charge in [-0.2, -0.15) is 5.10 Å². The van der Waals surface area contributed by atoms with Gasteiger partial charge in [-0.1, -0.05) is 12.1 Å². The van der Waals surface area contributed by atoms with Crippen LogP contribution in [-0.2, 0) is 11.3 Å². The summed E-state index contributed by atoms with van der Waals surface area (Å²) in [5.74, 6) is -0.126. The molecule has 3 N–H and O–H groups in total. The summed E-state index contributed by atoms with van der Waals surface area (Å²) in [6, 6.07) is 7.87. The molecule has 6 heteroatoms. The van der Waals surface area contributed by atoms with E-state index in [1.807, 2.05) is 24.3 Å². The van der Waals surface area contributed by atoms with Gasteiger partial charge in [-0.25, -0.2) is 5.43 Å². The molecule has 2 saturated heterocycles. The van der Waals surface area contributed by atoms with Gasteiger partial charge in [-0.15, -0.1) is 0 Å². The van der Waals surface area contributed by atoms with Crippen molar-refractivity contribution in [2.75, 3.05) is 46.4 Å². The lowest BCUT2D eigenvalue weighted by molar-refractivity contribution is -0.921. The summed E-state index contributed by atoms with van der Waals surface area (Å²) in [4.78, 5) is 15.3. The molecule has 0 unspecified atom stereocenters. The molecule has 1 aromatic rings. The van der Waals surface area contributed by atoms with E-state index in [0.717, 1.165) is 64.5 Å². The van der Waals surface area contributed by atoms with Gasteiger partial charge in [0.15, 0.2) is 0 Å². The second-order valence-corrected chi connectivity index (χ2v) is 6.81. The van der Waals surface area contributed by atoms with E-state index in [9.17, 15) is 4.79 Å². The van der Waals surface area contributed by atoms with Crippen LogP contribution in [-0.4, -0.2) is 58.1 Å². The molecule has 0 spiro atoms. The van der Waals surface area contributed by atoms with Crippen molar-refractivity contribution in [3.8, 4) is 0 Å². The lowest BCUT2D eigenvalue weighted by atomic mass is 10.1. The Morgan fingerprint density at radius 1 is 1.12 bits per heavy atom. The number of hydrogen-bond donors (Lipinski definition) is 3. The first-order valence-corrected chi connectivity index (χ1v) is 8.88. The van der Waals surface area contributed by atoms with Crippen LogP contribution in [0, 0.1) is 0 Å². The minimum atomic E-state index is -0.126. The van der Waals surface area contributed by atoms with Gasteiger partial charge in [-0.05, 0) is 12.1 Å². The van der Waals surface area contributed by atoms with Crippen molar-refractivity contribution in [1.82, 2.24) is 5.43 Å². The highest BCUT2D eigenvalue weighted by Crippen LogP contribution is 2.04. The second kappa shape index (κ2) is 8.37. The van der Waals surface area contributed by atoms with Gasteiger partial charge in [0.05, 0.1) is 33.4 Å². The molecule has 24 heavy (non-hydrogen) atoms. The normalized spacial score (nSPS) is 22.2. The van der Waals surface area contributed by atoms with Gasteiger partial charge in [0.25, 0.3) is 5.91 Å². The molecule has 2 fully saturated rings. The largest absolute Gasteiger partial charge is 0.370 e. The SMILES string of the molecule is C[NH+]1CCC(=NNC(=O)c2ccc(C[NH+]3CCOCC3)cc2)CC1. The van der Waals surface area contributed by atoms with Crippen LogP contribution in [0.1, 0.15) is 28.8 Å². The minimum Gasteiger partial charge on any atom is -0.370 e. The Hall–Kier alpha value is -1.76. The number of amides is 1. The first kappa shape index (κ1) is 17.1. The third kappa shape index (κ3) is 4.87. The molecule has 0 atom stereocenters. The number of carbonyl (C=O) groups is 1.